The second kappa shape index (κ2) is 6.53. The first-order chi connectivity index (χ1) is 9.31. The summed E-state index contributed by atoms with van der Waals surface area (Å²) in [5.41, 5.74) is 0. The van der Waals surface area contributed by atoms with Crippen LogP contribution in [-0.2, 0) is 6.54 Å². The van der Waals surface area contributed by atoms with Gasteiger partial charge in [-0.15, -0.1) is 0 Å². The standard InChI is InChI=1S/C11H17N7O/c1-3-19-11-16-9(12-2)15-10(17-11)14-5-7-18-6-4-13-8-18/h4,6,8H,3,5,7H2,1-2H3,(H2,12,14,15,16,17). The third-order valence-corrected chi connectivity index (χ3v) is 2.32. The van der Waals surface area contributed by atoms with Gasteiger partial charge in [0.2, 0.25) is 11.9 Å². The second-order valence-corrected chi connectivity index (χ2v) is 3.68. The van der Waals surface area contributed by atoms with Crippen molar-refractivity contribution in [2.75, 3.05) is 30.8 Å². The Hall–Kier alpha value is -2.38. The fraction of sp³-hybridized carbons (Fsp3) is 0.455. The van der Waals surface area contributed by atoms with Crippen LogP contribution in [0.3, 0.4) is 0 Å². The van der Waals surface area contributed by atoms with Crippen LogP contribution in [0.25, 0.3) is 0 Å². The summed E-state index contributed by atoms with van der Waals surface area (Å²) in [6, 6.07) is 0.312. The Kier molecular flexibility index (Phi) is 4.49. The Balaban J connectivity index is 1.96. The zero-order valence-corrected chi connectivity index (χ0v) is 11.0. The number of ether oxygens (including phenoxy) is 1. The van der Waals surface area contributed by atoms with E-state index in [0.29, 0.717) is 31.1 Å². The number of nitrogens with zero attached hydrogens (tertiary/aromatic N) is 5. The molecule has 0 radical (unpaired) electrons. The van der Waals surface area contributed by atoms with Crippen molar-refractivity contribution in [3.05, 3.63) is 18.7 Å². The van der Waals surface area contributed by atoms with Gasteiger partial charge in [-0.05, 0) is 6.92 Å². The van der Waals surface area contributed by atoms with E-state index in [-0.39, 0.29) is 0 Å². The smallest absolute Gasteiger partial charge is 0.323 e. The minimum atomic E-state index is 0.312. The average molecular weight is 263 g/mol. The highest BCUT2D eigenvalue weighted by Gasteiger charge is 2.05. The van der Waals surface area contributed by atoms with E-state index in [0.717, 1.165) is 6.54 Å². The lowest BCUT2D eigenvalue weighted by atomic mass is 10.6. The maximum Gasteiger partial charge on any atom is 0.323 e. The third kappa shape index (κ3) is 3.80. The fourth-order valence-electron chi connectivity index (χ4n) is 1.46. The summed E-state index contributed by atoms with van der Waals surface area (Å²) in [5, 5.41) is 6.00. The zero-order valence-electron chi connectivity index (χ0n) is 11.0. The molecule has 0 fully saturated rings. The van der Waals surface area contributed by atoms with Gasteiger partial charge < -0.3 is 19.9 Å². The monoisotopic (exact) mass is 263 g/mol. The maximum absolute atomic E-state index is 5.28. The third-order valence-electron chi connectivity index (χ3n) is 2.32. The molecule has 0 atom stereocenters. The predicted molar refractivity (Wildman–Crippen MR) is 71.3 cm³/mol. The van der Waals surface area contributed by atoms with E-state index in [1.165, 1.54) is 0 Å². The number of hydrogen-bond donors (Lipinski definition) is 2. The van der Waals surface area contributed by atoms with Crippen LogP contribution >= 0.6 is 0 Å². The number of aromatic nitrogens is 5. The van der Waals surface area contributed by atoms with Crippen LogP contribution in [0.2, 0.25) is 0 Å². The molecule has 0 aliphatic heterocycles. The van der Waals surface area contributed by atoms with Crippen molar-refractivity contribution in [1.82, 2.24) is 24.5 Å². The topological polar surface area (TPSA) is 89.8 Å². The van der Waals surface area contributed by atoms with Crippen LogP contribution < -0.4 is 15.4 Å². The van der Waals surface area contributed by atoms with Gasteiger partial charge in [0.25, 0.3) is 0 Å². The lowest BCUT2D eigenvalue weighted by molar-refractivity contribution is 0.312. The Morgan fingerprint density at radius 1 is 1.26 bits per heavy atom. The van der Waals surface area contributed by atoms with Gasteiger partial charge in [-0.3, -0.25) is 0 Å². The molecule has 0 bridgehead atoms. The molecule has 2 rings (SSSR count). The molecule has 19 heavy (non-hydrogen) atoms. The molecule has 2 aromatic rings. The number of nitrogens with one attached hydrogen (secondary N) is 2. The normalized spacial score (nSPS) is 10.2. The number of imidazole rings is 1. The molecule has 0 spiro atoms. The molecule has 8 nitrogen and oxygen atoms in total. The summed E-state index contributed by atoms with van der Waals surface area (Å²) >= 11 is 0. The van der Waals surface area contributed by atoms with E-state index in [1.54, 1.807) is 19.6 Å². The minimum absolute atomic E-state index is 0.312. The van der Waals surface area contributed by atoms with E-state index in [9.17, 15) is 0 Å². The first kappa shape index (κ1) is 13.1. The van der Waals surface area contributed by atoms with Crippen molar-refractivity contribution in [3.63, 3.8) is 0 Å². The van der Waals surface area contributed by atoms with Gasteiger partial charge in [0.1, 0.15) is 0 Å². The highest BCUT2D eigenvalue weighted by Crippen LogP contribution is 2.10. The van der Waals surface area contributed by atoms with Gasteiger partial charge >= 0.3 is 6.01 Å². The lowest BCUT2D eigenvalue weighted by Crippen LogP contribution is -2.13. The summed E-state index contributed by atoms with van der Waals surface area (Å²) < 4.78 is 7.25. The minimum Gasteiger partial charge on any atom is -0.464 e. The maximum atomic E-state index is 5.28. The van der Waals surface area contributed by atoms with Gasteiger partial charge in [-0.1, -0.05) is 0 Å². The number of anilines is 2. The first-order valence-corrected chi connectivity index (χ1v) is 6.08. The van der Waals surface area contributed by atoms with Crippen molar-refractivity contribution in [3.8, 4) is 6.01 Å². The van der Waals surface area contributed by atoms with Crippen molar-refractivity contribution < 1.29 is 4.74 Å². The Labute approximate surface area is 111 Å². The summed E-state index contributed by atoms with van der Waals surface area (Å²) in [5.74, 6) is 0.964. The average Bonchev–Trinajstić information content (AvgIpc) is 2.92. The van der Waals surface area contributed by atoms with Crippen LogP contribution in [-0.4, -0.2) is 44.7 Å². The fourth-order valence-corrected chi connectivity index (χ4v) is 1.46. The Bertz CT molecular complexity index is 500. The Morgan fingerprint density at radius 3 is 2.79 bits per heavy atom. The van der Waals surface area contributed by atoms with Crippen LogP contribution in [0.5, 0.6) is 6.01 Å². The molecule has 0 saturated heterocycles. The van der Waals surface area contributed by atoms with Crippen LogP contribution in [0.15, 0.2) is 18.7 Å². The van der Waals surface area contributed by atoms with Gasteiger partial charge in [0, 0.05) is 32.5 Å². The number of rotatable bonds is 7. The van der Waals surface area contributed by atoms with Crippen LogP contribution in [0.1, 0.15) is 6.92 Å². The highest BCUT2D eigenvalue weighted by molar-refractivity contribution is 5.35. The predicted octanol–water partition coefficient (Wildman–Crippen LogP) is 0.621. The Morgan fingerprint density at radius 2 is 2.11 bits per heavy atom. The molecule has 8 heteroatoms. The summed E-state index contributed by atoms with van der Waals surface area (Å²) in [6.07, 6.45) is 5.41. The molecule has 0 aromatic carbocycles. The molecule has 0 unspecified atom stereocenters. The van der Waals surface area contributed by atoms with Crippen molar-refractivity contribution in [2.45, 2.75) is 13.5 Å². The summed E-state index contributed by atoms with van der Waals surface area (Å²) in [6.45, 7) is 3.87. The molecule has 102 valence electrons. The van der Waals surface area contributed by atoms with Gasteiger partial charge in [-0.2, -0.15) is 15.0 Å². The van der Waals surface area contributed by atoms with Crippen molar-refractivity contribution in [2.24, 2.45) is 0 Å². The van der Waals surface area contributed by atoms with E-state index in [4.69, 9.17) is 4.74 Å². The molecular formula is C11H17N7O. The molecule has 0 amide bonds. The van der Waals surface area contributed by atoms with Gasteiger partial charge in [0.15, 0.2) is 0 Å². The van der Waals surface area contributed by atoms with Crippen LogP contribution in [0, 0.1) is 0 Å². The largest absolute Gasteiger partial charge is 0.464 e. The molecule has 2 N–H and O–H groups in total. The van der Waals surface area contributed by atoms with E-state index < -0.39 is 0 Å². The van der Waals surface area contributed by atoms with Gasteiger partial charge in [-0.25, -0.2) is 4.98 Å². The highest BCUT2D eigenvalue weighted by atomic mass is 16.5. The molecular weight excluding hydrogens is 246 g/mol. The van der Waals surface area contributed by atoms with E-state index >= 15 is 0 Å². The quantitative estimate of drug-likeness (QED) is 0.756. The van der Waals surface area contributed by atoms with E-state index in [1.807, 2.05) is 17.7 Å². The summed E-state index contributed by atoms with van der Waals surface area (Å²) in [4.78, 5) is 16.4. The molecule has 2 aromatic heterocycles. The van der Waals surface area contributed by atoms with Gasteiger partial charge in [0.05, 0.1) is 12.9 Å². The van der Waals surface area contributed by atoms with Crippen molar-refractivity contribution >= 4 is 11.9 Å². The SMILES string of the molecule is CCOc1nc(NC)nc(NCCn2ccnc2)n1. The van der Waals surface area contributed by atoms with Crippen molar-refractivity contribution in [1.29, 1.82) is 0 Å². The van der Waals surface area contributed by atoms with Crippen LogP contribution in [0.4, 0.5) is 11.9 Å². The lowest BCUT2D eigenvalue weighted by Gasteiger charge is -2.08. The summed E-state index contributed by atoms with van der Waals surface area (Å²) in [7, 11) is 1.75. The number of hydrogen-bond acceptors (Lipinski definition) is 7. The molecule has 0 saturated carbocycles. The molecule has 0 aliphatic rings. The second-order valence-electron chi connectivity index (χ2n) is 3.68. The van der Waals surface area contributed by atoms with E-state index in [2.05, 4.69) is 30.6 Å². The molecule has 2 heterocycles. The molecule has 0 aliphatic carbocycles. The first-order valence-electron chi connectivity index (χ1n) is 6.08. The zero-order chi connectivity index (χ0) is 13.5.